The molecule has 0 radical (unpaired) electrons. The van der Waals surface area contributed by atoms with E-state index in [9.17, 15) is 9.90 Å². The van der Waals surface area contributed by atoms with Crippen LogP contribution >= 0.6 is 0 Å². The third-order valence-corrected chi connectivity index (χ3v) is 2.76. The molecule has 1 aromatic carbocycles. The lowest BCUT2D eigenvalue weighted by Gasteiger charge is -2.26. The number of hydrogen-bond acceptors (Lipinski definition) is 4. The number of likely N-dealkylation sites (N-methyl/N-ethyl adjacent to an activating group) is 1. The monoisotopic (exact) mass is 236 g/mol. The quantitative estimate of drug-likeness (QED) is 0.712. The molecular formula is C12H16N2O3. The lowest BCUT2D eigenvalue weighted by molar-refractivity contribution is -0.118. The molecule has 5 heteroatoms. The summed E-state index contributed by atoms with van der Waals surface area (Å²) in [5.41, 5.74) is 0.359. The van der Waals surface area contributed by atoms with Gasteiger partial charge in [-0.25, -0.2) is 0 Å². The molecule has 0 bridgehead atoms. The van der Waals surface area contributed by atoms with Crippen molar-refractivity contribution in [3.05, 3.63) is 23.8 Å². The van der Waals surface area contributed by atoms with Gasteiger partial charge < -0.3 is 20.5 Å². The van der Waals surface area contributed by atoms with Gasteiger partial charge in [-0.05, 0) is 31.7 Å². The van der Waals surface area contributed by atoms with E-state index in [2.05, 4.69) is 10.6 Å². The number of fused-ring (bicyclic) bond motifs is 1. The van der Waals surface area contributed by atoms with Gasteiger partial charge in [-0.1, -0.05) is 6.07 Å². The minimum absolute atomic E-state index is 0.0409. The van der Waals surface area contributed by atoms with Gasteiger partial charge in [-0.15, -0.1) is 0 Å². The van der Waals surface area contributed by atoms with E-state index in [4.69, 9.17) is 4.74 Å². The number of carbonyl (C=O) groups is 1. The molecule has 1 heterocycles. The first-order valence-electron chi connectivity index (χ1n) is 5.47. The number of anilines is 1. The van der Waals surface area contributed by atoms with Crippen LogP contribution in [-0.4, -0.2) is 31.2 Å². The van der Waals surface area contributed by atoms with E-state index < -0.39 is 5.60 Å². The first kappa shape index (κ1) is 11.9. The maximum absolute atomic E-state index is 11.2. The second-order valence-corrected chi connectivity index (χ2v) is 4.35. The maximum atomic E-state index is 11.2. The number of rotatable bonds is 3. The van der Waals surface area contributed by atoms with E-state index in [0.29, 0.717) is 18.0 Å². The minimum atomic E-state index is -0.980. The average molecular weight is 236 g/mol. The van der Waals surface area contributed by atoms with Crippen molar-refractivity contribution >= 4 is 11.6 Å². The zero-order valence-electron chi connectivity index (χ0n) is 9.91. The summed E-state index contributed by atoms with van der Waals surface area (Å²) in [6.45, 7) is 2.19. The molecule has 0 fully saturated rings. The van der Waals surface area contributed by atoms with Crippen molar-refractivity contribution < 1.29 is 14.6 Å². The Morgan fingerprint density at radius 1 is 1.59 bits per heavy atom. The van der Waals surface area contributed by atoms with Crippen LogP contribution in [0.4, 0.5) is 5.69 Å². The first-order valence-corrected chi connectivity index (χ1v) is 5.47. The Labute approximate surface area is 99.8 Å². The van der Waals surface area contributed by atoms with Gasteiger partial charge in [0.15, 0.2) is 6.61 Å². The van der Waals surface area contributed by atoms with Crippen molar-refractivity contribution in [1.29, 1.82) is 0 Å². The van der Waals surface area contributed by atoms with E-state index in [0.717, 1.165) is 5.56 Å². The smallest absolute Gasteiger partial charge is 0.262 e. The molecule has 0 aromatic heterocycles. The Balaban J connectivity index is 2.32. The van der Waals surface area contributed by atoms with Crippen molar-refractivity contribution in [3.63, 3.8) is 0 Å². The van der Waals surface area contributed by atoms with Crippen LogP contribution < -0.4 is 15.4 Å². The van der Waals surface area contributed by atoms with Gasteiger partial charge in [0, 0.05) is 6.54 Å². The molecule has 1 aliphatic rings. The number of carbonyl (C=O) groups excluding carboxylic acids is 1. The molecule has 0 saturated carbocycles. The largest absolute Gasteiger partial charge is 0.482 e. The van der Waals surface area contributed by atoms with E-state index in [-0.39, 0.29) is 12.5 Å². The molecule has 17 heavy (non-hydrogen) atoms. The van der Waals surface area contributed by atoms with Crippen LogP contribution in [-0.2, 0) is 10.4 Å². The summed E-state index contributed by atoms with van der Waals surface area (Å²) < 4.78 is 5.25. The Kier molecular flexibility index (Phi) is 3.04. The molecular weight excluding hydrogens is 220 g/mol. The molecule has 1 atom stereocenters. The van der Waals surface area contributed by atoms with Crippen molar-refractivity contribution in [3.8, 4) is 5.75 Å². The molecule has 1 aliphatic heterocycles. The standard InChI is InChI=1S/C12H16N2O3/c1-12(16,7-13-2)8-3-4-10-9(5-8)14-11(15)6-17-10/h3-5,13,16H,6-7H2,1-2H3,(H,14,15). The molecule has 0 saturated heterocycles. The third-order valence-electron chi connectivity index (χ3n) is 2.76. The van der Waals surface area contributed by atoms with Crippen LogP contribution in [0.3, 0.4) is 0 Å². The van der Waals surface area contributed by atoms with E-state index in [1.165, 1.54) is 0 Å². The Morgan fingerprint density at radius 2 is 2.35 bits per heavy atom. The Bertz CT molecular complexity index is 443. The highest BCUT2D eigenvalue weighted by Gasteiger charge is 2.25. The fourth-order valence-electron chi connectivity index (χ4n) is 1.86. The number of aliphatic hydroxyl groups is 1. The van der Waals surface area contributed by atoms with Crippen molar-refractivity contribution in [1.82, 2.24) is 5.32 Å². The van der Waals surface area contributed by atoms with E-state index in [1.807, 2.05) is 0 Å². The summed E-state index contributed by atoms with van der Waals surface area (Å²) in [4.78, 5) is 11.2. The highest BCUT2D eigenvalue weighted by Crippen LogP contribution is 2.32. The predicted molar refractivity (Wildman–Crippen MR) is 64.1 cm³/mol. The van der Waals surface area contributed by atoms with Gasteiger partial charge in [0.1, 0.15) is 5.75 Å². The van der Waals surface area contributed by atoms with Crippen molar-refractivity contribution in [2.24, 2.45) is 0 Å². The summed E-state index contributed by atoms with van der Waals surface area (Å²) in [5, 5.41) is 15.9. The molecule has 5 nitrogen and oxygen atoms in total. The molecule has 1 aromatic rings. The van der Waals surface area contributed by atoms with Crippen LogP contribution in [0.5, 0.6) is 5.75 Å². The van der Waals surface area contributed by atoms with Gasteiger partial charge in [0.2, 0.25) is 0 Å². The number of ether oxygens (including phenoxy) is 1. The number of amides is 1. The van der Waals surface area contributed by atoms with Crippen molar-refractivity contribution in [2.45, 2.75) is 12.5 Å². The minimum Gasteiger partial charge on any atom is -0.482 e. The number of hydrogen-bond donors (Lipinski definition) is 3. The van der Waals surface area contributed by atoms with Crippen LogP contribution in [0.15, 0.2) is 18.2 Å². The van der Waals surface area contributed by atoms with E-state index >= 15 is 0 Å². The summed E-state index contributed by atoms with van der Waals surface area (Å²) in [6.07, 6.45) is 0. The first-order chi connectivity index (χ1) is 8.03. The highest BCUT2D eigenvalue weighted by molar-refractivity contribution is 5.95. The molecule has 1 amide bonds. The normalized spacial score (nSPS) is 17.7. The van der Waals surface area contributed by atoms with Gasteiger partial charge in [-0.2, -0.15) is 0 Å². The zero-order chi connectivity index (χ0) is 12.5. The van der Waals surface area contributed by atoms with E-state index in [1.54, 1.807) is 32.2 Å². The second-order valence-electron chi connectivity index (χ2n) is 4.35. The fraction of sp³-hybridized carbons (Fsp3) is 0.417. The zero-order valence-corrected chi connectivity index (χ0v) is 9.91. The lowest BCUT2D eigenvalue weighted by Crippen LogP contribution is -2.34. The molecule has 0 aliphatic carbocycles. The number of nitrogens with one attached hydrogen (secondary N) is 2. The Hall–Kier alpha value is -1.59. The Morgan fingerprint density at radius 3 is 3.06 bits per heavy atom. The molecule has 3 N–H and O–H groups in total. The van der Waals surface area contributed by atoms with Crippen LogP contribution in [0.2, 0.25) is 0 Å². The van der Waals surface area contributed by atoms with Crippen molar-refractivity contribution in [2.75, 3.05) is 25.5 Å². The van der Waals surface area contributed by atoms with Gasteiger partial charge in [0.05, 0.1) is 11.3 Å². The fourth-order valence-corrected chi connectivity index (χ4v) is 1.86. The third kappa shape index (κ3) is 2.40. The summed E-state index contributed by atoms with van der Waals surface area (Å²) >= 11 is 0. The second kappa shape index (κ2) is 4.35. The average Bonchev–Trinajstić information content (AvgIpc) is 2.28. The van der Waals surface area contributed by atoms with Crippen LogP contribution in [0.1, 0.15) is 12.5 Å². The lowest BCUT2D eigenvalue weighted by atomic mass is 9.95. The summed E-state index contributed by atoms with van der Waals surface area (Å²) in [6, 6.07) is 5.30. The maximum Gasteiger partial charge on any atom is 0.262 e. The summed E-state index contributed by atoms with van der Waals surface area (Å²) in [5.74, 6) is 0.455. The molecule has 0 spiro atoms. The highest BCUT2D eigenvalue weighted by atomic mass is 16.5. The number of benzene rings is 1. The SMILES string of the molecule is CNCC(C)(O)c1ccc2c(c1)NC(=O)CO2. The van der Waals surface area contributed by atoms with Crippen LogP contribution in [0, 0.1) is 0 Å². The topological polar surface area (TPSA) is 70.6 Å². The predicted octanol–water partition coefficient (Wildman–Crippen LogP) is 0.444. The summed E-state index contributed by atoms with van der Waals surface area (Å²) in [7, 11) is 1.78. The van der Waals surface area contributed by atoms with Gasteiger partial charge in [0.25, 0.3) is 5.91 Å². The van der Waals surface area contributed by atoms with Crippen LogP contribution in [0.25, 0.3) is 0 Å². The van der Waals surface area contributed by atoms with Gasteiger partial charge in [-0.3, -0.25) is 4.79 Å². The molecule has 1 unspecified atom stereocenters. The molecule has 2 rings (SSSR count). The molecule has 92 valence electrons. The van der Waals surface area contributed by atoms with Gasteiger partial charge >= 0.3 is 0 Å².